The van der Waals surface area contributed by atoms with E-state index in [9.17, 15) is 4.79 Å². The Kier molecular flexibility index (Phi) is 4.37. The molecule has 2 rings (SSSR count). The number of nitrogens with two attached hydrogens (primary N) is 1. The lowest BCUT2D eigenvalue weighted by Crippen LogP contribution is -2.38. The van der Waals surface area contributed by atoms with E-state index >= 15 is 0 Å². The van der Waals surface area contributed by atoms with Gasteiger partial charge in [-0.05, 0) is 31.6 Å². The molecule has 1 aromatic rings. The van der Waals surface area contributed by atoms with Crippen molar-refractivity contribution in [2.75, 3.05) is 31.9 Å². The highest BCUT2D eigenvalue weighted by atomic mass is 16.2. The van der Waals surface area contributed by atoms with Crippen LogP contribution in [0.3, 0.4) is 0 Å². The summed E-state index contributed by atoms with van der Waals surface area (Å²) in [5.74, 6) is 0.382. The quantitative estimate of drug-likeness (QED) is 0.886. The Hall–Kier alpha value is -1.62. The van der Waals surface area contributed by atoms with Gasteiger partial charge in [0.05, 0.1) is 0 Å². The first-order valence-electron chi connectivity index (χ1n) is 6.91. The van der Waals surface area contributed by atoms with Gasteiger partial charge < -0.3 is 10.6 Å². The van der Waals surface area contributed by atoms with Crippen LogP contribution in [0.25, 0.3) is 0 Å². The van der Waals surface area contributed by atoms with E-state index in [1.165, 1.54) is 0 Å². The highest BCUT2D eigenvalue weighted by Gasteiger charge is 2.30. The highest BCUT2D eigenvalue weighted by Crippen LogP contribution is 2.17. The molecule has 1 aliphatic heterocycles. The summed E-state index contributed by atoms with van der Waals surface area (Å²) in [5.41, 5.74) is 6.07. The Labute approximate surface area is 114 Å². The van der Waals surface area contributed by atoms with Gasteiger partial charge in [0.15, 0.2) is 0 Å². The van der Waals surface area contributed by atoms with Crippen molar-refractivity contribution in [1.82, 2.24) is 14.8 Å². The molecule has 1 aromatic heterocycles. The number of amides is 1. The first-order chi connectivity index (χ1) is 9.15. The van der Waals surface area contributed by atoms with Crippen molar-refractivity contribution in [3.63, 3.8) is 0 Å². The molecule has 19 heavy (non-hydrogen) atoms. The second-order valence-electron chi connectivity index (χ2n) is 4.86. The van der Waals surface area contributed by atoms with E-state index in [1.54, 1.807) is 18.2 Å². The summed E-state index contributed by atoms with van der Waals surface area (Å²) in [6.07, 6.45) is 1.04. The van der Waals surface area contributed by atoms with E-state index < -0.39 is 0 Å². The van der Waals surface area contributed by atoms with Gasteiger partial charge in [0.25, 0.3) is 5.91 Å². The van der Waals surface area contributed by atoms with Crippen molar-refractivity contribution >= 4 is 11.7 Å². The highest BCUT2D eigenvalue weighted by molar-refractivity contribution is 5.92. The molecule has 2 N–H and O–H groups in total. The number of anilines is 1. The van der Waals surface area contributed by atoms with E-state index in [2.05, 4.69) is 23.7 Å². The number of nitrogens with zero attached hydrogens (tertiary/aromatic N) is 3. The normalized spacial score (nSPS) is 19.1. The van der Waals surface area contributed by atoms with Gasteiger partial charge in [-0.25, -0.2) is 4.98 Å². The van der Waals surface area contributed by atoms with Crippen LogP contribution in [0.1, 0.15) is 30.8 Å². The molecule has 2 heterocycles. The molecule has 0 aromatic carbocycles. The molecule has 0 bridgehead atoms. The van der Waals surface area contributed by atoms with Gasteiger partial charge in [-0.15, -0.1) is 0 Å². The van der Waals surface area contributed by atoms with Crippen LogP contribution < -0.4 is 5.73 Å². The third-order valence-electron chi connectivity index (χ3n) is 3.77. The van der Waals surface area contributed by atoms with Crippen molar-refractivity contribution in [1.29, 1.82) is 0 Å². The zero-order chi connectivity index (χ0) is 13.8. The van der Waals surface area contributed by atoms with Crippen LogP contribution in [0.2, 0.25) is 0 Å². The zero-order valence-corrected chi connectivity index (χ0v) is 11.7. The molecule has 0 radical (unpaired) electrons. The van der Waals surface area contributed by atoms with Crippen LogP contribution in [0.15, 0.2) is 18.2 Å². The van der Waals surface area contributed by atoms with Crippen molar-refractivity contribution in [2.45, 2.75) is 26.3 Å². The molecule has 1 amide bonds. The number of likely N-dealkylation sites (tertiary alicyclic amines) is 1. The monoisotopic (exact) mass is 262 g/mol. The molecule has 104 valence electrons. The molecular weight excluding hydrogens is 240 g/mol. The Morgan fingerprint density at radius 1 is 1.47 bits per heavy atom. The largest absolute Gasteiger partial charge is 0.384 e. The lowest BCUT2D eigenvalue weighted by molar-refractivity contribution is 0.0772. The summed E-state index contributed by atoms with van der Waals surface area (Å²) in [6.45, 7) is 7.97. The number of nitrogen functional groups attached to an aromatic ring is 1. The zero-order valence-electron chi connectivity index (χ0n) is 11.7. The summed E-state index contributed by atoms with van der Waals surface area (Å²) in [5, 5.41) is 0. The SMILES string of the molecule is CCN(CC)C1CCN(C(=O)c2cccc(N)n2)C1. The summed E-state index contributed by atoms with van der Waals surface area (Å²) in [7, 11) is 0. The van der Waals surface area contributed by atoms with Crippen LogP contribution in [0, 0.1) is 0 Å². The fraction of sp³-hybridized carbons (Fsp3) is 0.571. The molecule has 1 fully saturated rings. The fourth-order valence-electron chi connectivity index (χ4n) is 2.70. The molecule has 5 nitrogen and oxygen atoms in total. The fourth-order valence-corrected chi connectivity index (χ4v) is 2.70. The predicted octanol–water partition coefficient (Wildman–Crippen LogP) is 1.22. The van der Waals surface area contributed by atoms with Crippen molar-refractivity contribution in [3.8, 4) is 0 Å². The average Bonchev–Trinajstić information content (AvgIpc) is 2.89. The smallest absolute Gasteiger partial charge is 0.272 e. The van der Waals surface area contributed by atoms with Gasteiger partial charge in [0.1, 0.15) is 11.5 Å². The lowest BCUT2D eigenvalue weighted by atomic mass is 10.2. The van der Waals surface area contributed by atoms with Gasteiger partial charge in [0.2, 0.25) is 0 Å². The van der Waals surface area contributed by atoms with Crippen LogP contribution in [-0.4, -0.2) is 52.9 Å². The molecule has 5 heteroatoms. The second kappa shape index (κ2) is 6.02. The third kappa shape index (κ3) is 3.04. The molecular formula is C14H22N4O. The molecule has 0 saturated carbocycles. The maximum atomic E-state index is 12.3. The molecule has 0 spiro atoms. The number of rotatable bonds is 4. The topological polar surface area (TPSA) is 62.5 Å². The summed E-state index contributed by atoms with van der Waals surface area (Å²) >= 11 is 0. The Morgan fingerprint density at radius 3 is 2.84 bits per heavy atom. The lowest BCUT2D eigenvalue weighted by Gasteiger charge is -2.26. The van der Waals surface area contributed by atoms with Crippen molar-refractivity contribution in [3.05, 3.63) is 23.9 Å². The number of hydrogen-bond acceptors (Lipinski definition) is 4. The average molecular weight is 262 g/mol. The van der Waals surface area contributed by atoms with Crippen LogP contribution in [0.4, 0.5) is 5.82 Å². The maximum absolute atomic E-state index is 12.3. The van der Waals surface area contributed by atoms with Crippen LogP contribution in [-0.2, 0) is 0 Å². The molecule has 1 atom stereocenters. The van der Waals surface area contributed by atoms with Crippen molar-refractivity contribution in [2.24, 2.45) is 0 Å². The van der Waals surface area contributed by atoms with Gasteiger partial charge in [0, 0.05) is 19.1 Å². The number of hydrogen-bond donors (Lipinski definition) is 1. The van der Waals surface area contributed by atoms with Gasteiger partial charge in [-0.2, -0.15) is 0 Å². The standard InChI is InChI=1S/C14H22N4O/c1-3-17(4-2)11-8-9-18(10-11)14(19)12-6-5-7-13(15)16-12/h5-7,11H,3-4,8-10H2,1-2H3,(H2,15,16). The number of carbonyl (C=O) groups is 1. The van der Waals surface area contributed by atoms with E-state index in [1.807, 2.05) is 4.90 Å². The number of aromatic nitrogens is 1. The number of likely N-dealkylation sites (N-methyl/N-ethyl adjacent to an activating group) is 1. The van der Waals surface area contributed by atoms with Gasteiger partial charge >= 0.3 is 0 Å². The minimum Gasteiger partial charge on any atom is -0.384 e. The van der Waals surface area contributed by atoms with Gasteiger partial charge in [-0.3, -0.25) is 9.69 Å². The minimum atomic E-state index is -0.0121. The minimum absolute atomic E-state index is 0.0121. The predicted molar refractivity (Wildman–Crippen MR) is 75.9 cm³/mol. The Bertz CT molecular complexity index is 445. The van der Waals surface area contributed by atoms with Crippen LogP contribution >= 0.6 is 0 Å². The van der Waals surface area contributed by atoms with Gasteiger partial charge in [-0.1, -0.05) is 19.9 Å². The Balaban J connectivity index is 2.02. The molecule has 1 unspecified atom stereocenters. The first kappa shape index (κ1) is 13.8. The summed E-state index contributed by atoms with van der Waals surface area (Å²) in [4.78, 5) is 20.7. The van der Waals surface area contributed by atoms with E-state index in [-0.39, 0.29) is 5.91 Å². The van der Waals surface area contributed by atoms with E-state index in [0.29, 0.717) is 17.6 Å². The van der Waals surface area contributed by atoms with Crippen LogP contribution in [0.5, 0.6) is 0 Å². The molecule has 1 aliphatic rings. The number of pyridine rings is 1. The molecule has 0 aliphatic carbocycles. The Morgan fingerprint density at radius 2 is 2.21 bits per heavy atom. The third-order valence-corrected chi connectivity index (χ3v) is 3.77. The first-order valence-corrected chi connectivity index (χ1v) is 6.91. The number of carbonyl (C=O) groups excluding carboxylic acids is 1. The second-order valence-corrected chi connectivity index (χ2v) is 4.86. The van der Waals surface area contributed by atoms with Crippen molar-refractivity contribution < 1.29 is 4.79 Å². The molecule has 1 saturated heterocycles. The maximum Gasteiger partial charge on any atom is 0.272 e. The van der Waals surface area contributed by atoms with E-state index in [0.717, 1.165) is 32.6 Å². The summed E-state index contributed by atoms with van der Waals surface area (Å²) in [6, 6.07) is 5.66. The summed E-state index contributed by atoms with van der Waals surface area (Å²) < 4.78 is 0. The van der Waals surface area contributed by atoms with E-state index in [4.69, 9.17) is 5.73 Å².